The molecule has 4 atom stereocenters. The molecule has 2 saturated carbocycles. The highest BCUT2D eigenvalue weighted by atomic mass is 19.4. The average molecular weight is 452 g/mol. The number of anilines is 3. The summed E-state index contributed by atoms with van der Waals surface area (Å²) in [5.41, 5.74) is 0.412. The average Bonchev–Trinajstić information content (AvgIpc) is 3.40. The maximum atomic E-state index is 13.5. The molecule has 2 aromatic heterocycles. The topological polar surface area (TPSA) is 106 Å². The monoisotopic (exact) mass is 452 g/mol. The van der Waals surface area contributed by atoms with E-state index in [1.807, 2.05) is 0 Å². The van der Waals surface area contributed by atoms with Gasteiger partial charge in [0.15, 0.2) is 0 Å². The molecule has 3 fully saturated rings. The Morgan fingerprint density at radius 1 is 1.12 bits per heavy atom. The van der Waals surface area contributed by atoms with Crippen molar-refractivity contribution in [3.8, 4) is 5.88 Å². The molecule has 6 rings (SSSR count). The van der Waals surface area contributed by atoms with Crippen molar-refractivity contribution in [2.45, 2.75) is 56.0 Å². The SMILES string of the molecule is OC1COCC1n1nc(C2CC2)c2c1OC[C@@H]1CC[C@H]1Nc1nc(ncc1C(F)(F)F)N2. The van der Waals surface area contributed by atoms with E-state index >= 15 is 0 Å². The Bertz CT molecular complexity index is 1040. The molecule has 0 radical (unpaired) electrons. The lowest BCUT2D eigenvalue weighted by atomic mass is 9.80. The maximum Gasteiger partial charge on any atom is 0.421 e. The van der Waals surface area contributed by atoms with Gasteiger partial charge in [-0.2, -0.15) is 23.3 Å². The zero-order valence-corrected chi connectivity index (χ0v) is 17.1. The predicted octanol–water partition coefficient (Wildman–Crippen LogP) is 2.83. The number of hydrogen-bond donors (Lipinski definition) is 3. The van der Waals surface area contributed by atoms with Gasteiger partial charge in [-0.25, -0.2) is 9.67 Å². The first kappa shape index (κ1) is 20.0. The number of rotatable bonds is 2. The molecule has 1 saturated heterocycles. The largest absolute Gasteiger partial charge is 0.476 e. The van der Waals surface area contributed by atoms with Gasteiger partial charge < -0.3 is 25.2 Å². The van der Waals surface area contributed by atoms with Gasteiger partial charge >= 0.3 is 6.18 Å². The van der Waals surface area contributed by atoms with Crippen molar-refractivity contribution in [2.24, 2.45) is 5.92 Å². The zero-order chi connectivity index (χ0) is 22.0. The van der Waals surface area contributed by atoms with Crippen LogP contribution in [-0.4, -0.2) is 56.8 Å². The van der Waals surface area contributed by atoms with E-state index < -0.39 is 23.9 Å². The van der Waals surface area contributed by atoms with Crippen LogP contribution in [0.1, 0.15) is 48.9 Å². The molecule has 2 bridgehead atoms. The number of alkyl halides is 3. The van der Waals surface area contributed by atoms with Crippen molar-refractivity contribution in [2.75, 3.05) is 30.5 Å². The third-order valence-corrected chi connectivity index (χ3v) is 6.70. The smallest absolute Gasteiger partial charge is 0.421 e. The Morgan fingerprint density at radius 3 is 2.62 bits per heavy atom. The molecule has 4 heterocycles. The molecular weight excluding hydrogens is 429 g/mol. The molecule has 3 N–H and O–H groups in total. The molecule has 2 aromatic rings. The Labute approximate surface area is 181 Å². The Hall–Kier alpha value is -2.60. The van der Waals surface area contributed by atoms with Crippen molar-refractivity contribution < 1.29 is 27.8 Å². The van der Waals surface area contributed by atoms with Gasteiger partial charge in [0.2, 0.25) is 11.8 Å². The van der Waals surface area contributed by atoms with Gasteiger partial charge in [-0.1, -0.05) is 0 Å². The molecule has 0 amide bonds. The predicted molar refractivity (Wildman–Crippen MR) is 106 cm³/mol. The van der Waals surface area contributed by atoms with Crippen molar-refractivity contribution >= 4 is 17.5 Å². The lowest BCUT2D eigenvalue weighted by Gasteiger charge is -2.37. The van der Waals surface area contributed by atoms with E-state index in [0.29, 0.717) is 24.8 Å². The first-order chi connectivity index (χ1) is 15.4. The number of halogens is 3. The Kier molecular flexibility index (Phi) is 4.51. The number of aliphatic hydroxyl groups is 1. The second kappa shape index (κ2) is 7.20. The number of hydrogen-bond acceptors (Lipinski definition) is 8. The van der Waals surface area contributed by atoms with Gasteiger partial charge in [-0.3, -0.25) is 0 Å². The fraction of sp³-hybridized carbons (Fsp3) is 0.650. The van der Waals surface area contributed by atoms with E-state index in [1.54, 1.807) is 4.68 Å². The normalized spacial score (nSPS) is 29.5. The number of nitrogens with zero attached hydrogens (tertiary/aromatic N) is 4. The molecule has 172 valence electrons. The van der Waals surface area contributed by atoms with Crippen molar-refractivity contribution in [1.82, 2.24) is 19.7 Å². The van der Waals surface area contributed by atoms with E-state index in [9.17, 15) is 18.3 Å². The summed E-state index contributed by atoms with van der Waals surface area (Å²) < 4.78 is 54.0. The summed E-state index contributed by atoms with van der Waals surface area (Å²) in [6, 6.07) is -0.581. The number of aliphatic hydroxyl groups excluding tert-OH is 1. The third kappa shape index (κ3) is 3.36. The molecule has 2 aliphatic carbocycles. The zero-order valence-electron chi connectivity index (χ0n) is 17.1. The Balaban J connectivity index is 1.46. The highest BCUT2D eigenvalue weighted by Crippen LogP contribution is 2.48. The summed E-state index contributed by atoms with van der Waals surface area (Å²) in [6.45, 7) is 0.833. The minimum Gasteiger partial charge on any atom is -0.476 e. The molecule has 2 unspecified atom stereocenters. The Morgan fingerprint density at radius 2 is 1.97 bits per heavy atom. The molecule has 9 nitrogen and oxygen atoms in total. The summed E-state index contributed by atoms with van der Waals surface area (Å²) in [7, 11) is 0. The van der Waals surface area contributed by atoms with Crippen LogP contribution in [0.5, 0.6) is 5.88 Å². The van der Waals surface area contributed by atoms with Gasteiger partial charge in [0.1, 0.15) is 29.2 Å². The molecule has 0 aromatic carbocycles. The van der Waals surface area contributed by atoms with Gasteiger partial charge in [-0.15, -0.1) is 0 Å². The van der Waals surface area contributed by atoms with Gasteiger partial charge in [0.05, 0.1) is 25.5 Å². The summed E-state index contributed by atoms with van der Waals surface area (Å²) in [4.78, 5) is 8.12. The van der Waals surface area contributed by atoms with Crippen LogP contribution in [0.3, 0.4) is 0 Å². The number of aromatic nitrogens is 4. The molecule has 4 aliphatic rings. The summed E-state index contributed by atoms with van der Waals surface area (Å²) in [5, 5.41) is 21.2. The van der Waals surface area contributed by atoms with E-state index in [-0.39, 0.29) is 36.3 Å². The van der Waals surface area contributed by atoms with E-state index in [2.05, 4.69) is 20.6 Å². The summed E-state index contributed by atoms with van der Waals surface area (Å²) in [5.74, 6) is 0.493. The molecular formula is C20H23F3N6O3. The summed E-state index contributed by atoms with van der Waals surface area (Å²) >= 11 is 0. The fourth-order valence-corrected chi connectivity index (χ4v) is 4.52. The first-order valence-corrected chi connectivity index (χ1v) is 10.9. The van der Waals surface area contributed by atoms with Gasteiger partial charge in [0, 0.05) is 24.1 Å². The maximum absolute atomic E-state index is 13.5. The first-order valence-electron chi connectivity index (χ1n) is 10.9. The van der Waals surface area contributed by atoms with Crippen molar-refractivity contribution in [3.63, 3.8) is 0 Å². The van der Waals surface area contributed by atoms with Gasteiger partial charge in [-0.05, 0) is 25.7 Å². The van der Waals surface area contributed by atoms with Crippen LogP contribution in [0, 0.1) is 5.92 Å². The van der Waals surface area contributed by atoms with Gasteiger partial charge in [0.25, 0.3) is 0 Å². The van der Waals surface area contributed by atoms with E-state index in [0.717, 1.165) is 37.6 Å². The standard InChI is InChI=1S/C20H23F3N6O3/c21-20(22,23)11-5-24-19-26-16-15(9-1-2-9)28-29(13-7-31-8-14(13)30)18(16)32-6-10-3-4-12(10)25-17(11)27-19/h5,9-10,12-14,30H,1-4,6-8H2,(H2,24,25,26,27)/t10-,12+,13?,14?/m0/s1. The van der Waals surface area contributed by atoms with Crippen molar-refractivity contribution in [3.05, 3.63) is 17.5 Å². The quantitative estimate of drug-likeness (QED) is 0.639. The van der Waals surface area contributed by atoms with Crippen LogP contribution >= 0.6 is 0 Å². The lowest BCUT2D eigenvalue weighted by Crippen LogP contribution is -2.42. The molecule has 32 heavy (non-hydrogen) atoms. The van der Waals surface area contributed by atoms with Crippen LogP contribution in [0.4, 0.5) is 30.6 Å². The van der Waals surface area contributed by atoms with Crippen LogP contribution < -0.4 is 15.4 Å². The minimum atomic E-state index is -4.56. The van der Waals surface area contributed by atoms with Crippen molar-refractivity contribution in [1.29, 1.82) is 0 Å². The number of ether oxygens (including phenoxy) is 2. The fourth-order valence-electron chi connectivity index (χ4n) is 4.52. The number of fused-ring (bicyclic) bond motifs is 4. The number of nitrogens with one attached hydrogen (secondary N) is 2. The van der Waals surface area contributed by atoms with Crippen LogP contribution in [0.15, 0.2) is 6.20 Å². The molecule has 2 aliphatic heterocycles. The minimum absolute atomic E-state index is 0.0259. The van der Waals surface area contributed by atoms with Crippen LogP contribution in [0.25, 0.3) is 0 Å². The van der Waals surface area contributed by atoms with Crippen LogP contribution in [-0.2, 0) is 10.9 Å². The lowest BCUT2D eigenvalue weighted by molar-refractivity contribution is -0.137. The second-order valence-electron chi connectivity index (χ2n) is 8.93. The van der Waals surface area contributed by atoms with E-state index in [1.165, 1.54) is 0 Å². The second-order valence-corrected chi connectivity index (χ2v) is 8.93. The molecule has 0 spiro atoms. The van der Waals surface area contributed by atoms with E-state index in [4.69, 9.17) is 14.6 Å². The summed E-state index contributed by atoms with van der Waals surface area (Å²) in [6.07, 6.45) is -1.00. The molecule has 12 heteroatoms. The van der Waals surface area contributed by atoms with Crippen LogP contribution in [0.2, 0.25) is 0 Å². The highest BCUT2D eigenvalue weighted by molar-refractivity contribution is 5.66. The third-order valence-electron chi connectivity index (χ3n) is 6.70. The highest BCUT2D eigenvalue weighted by Gasteiger charge is 2.41.